The topological polar surface area (TPSA) is 82.8 Å². The van der Waals surface area contributed by atoms with Crippen molar-refractivity contribution in [1.82, 2.24) is 20.0 Å². The number of carbonyl (C=O) groups is 2. The van der Waals surface area contributed by atoms with Gasteiger partial charge in [0.1, 0.15) is 6.54 Å². The number of rotatable bonds is 7. The summed E-state index contributed by atoms with van der Waals surface area (Å²) in [6.07, 6.45) is 3.03. The lowest BCUT2D eigenvalue weighted by Gasteiger charge is -2.26. The van der Waals surface area contributed by atoms with Crippen molar-refractivity contribution in [1.29, 1.82) is 0 Å². The molecule has 2 aromatic heterocycles. The van der Waals surface area contributed by atoms with Gasteiger partial charge in [0, 0.05) is 38.3 Å². The quantitative estimate of drug-likeness (QED) is 0.507. The van der Waals surface area contributed by atoms with Crippen molar-refractivity contribution in [2.24, 2.45) is 0 Å². The van der Waals surface area contributed by atoms with Gasteiger partial charge in [-0.2, -0.15) is 0 Å². The van der Waals surface area contributed by atoms with Crippen molar-refractivity contribution < 1.29 is 14.0 Å². The van der Waals surface area contributed by atoms with Crippen LogP contribution in [0.1, 0.15) is 30.3 Å². The highest BCUT2D eigenvalue weighted by Crippen LogP contribution is 2.26. The van der Waals surface area contributed by atoms with E-state index in [-0.39, 0.29) is 24.1 Å². The molecule has 1 aliphatic heterocycles. The zero-order valence-electron chi connectivity index (χ0n) is 19.2. The standard InChI is InChI=1S/C25H28ClN5O3/c1-2-12-31(25(33)22-9-5-17-34-22)18-24(32)30-14-6-13-29(15-16-30)23-11-10-21(27-28-23)19-7-3-4-8-20(19)26/h3-5,7-11,17H,2,6,12-16,18H2,1H3. The lowest BCUT2D eigenvalue weighted by atomic mass is 10.1. The molecule has 0 bridgehead atoms. The number of nitrogens with zero attached hydrogens (tertiary/aromatic N) is 5. The van der Waals surface area contributed by atoms with Crippen LogP contribution in [0.15, 0.2) is 59.2 Å². The summed E-state index contributed by atoms with van der Waals surface area (Å²) < 4.78 is 5.23. The van der Waals surface area contributed by atoms with Crippen LogP contribution in [0, 0.1) is 0 Å². The monoisotopic (exact) mass is 481 g/mol. The van der Waals surface area contributed by atoms with Gasteiger partial charge in [-0.3, -0.25) is 9.59 Å². The summed E-state index contributed by atoms with van der Waals surface area (Å²) in [6.45, 7) is 5.13. The molecule has 0 unspecified atom stereocenters. The third-order valence-electron chi connectivity index (χ3n) is 5.81. The van der Waals surface area contributed by atoms with E-state index in [4.69, 9.17) is 16.0 Å². The van der Waals surface area contributed by atoms with Crippen LogP contribution in [0.5, 0.6) is 0 Å². The molecule has 0 atom stereocenters. The molecule has 8 nitrogen and oxygen atoms in total. The van der Waals surface area contributed by atoms with Gasteiger partial charge in [0.15, 0.2) is 11.6 Å². The number of benzene rings is 1. The fraction of sp³-hybridized carbons (Fsp3) is 0.360. The first-order valence-corrected chi connectivity index (χ1v) is 11.9. The van der Waals surface area contributed by atoms with Gasteiger partial charge in [0.05, 0.1) is 17.0 Å². The number of furan rings is 1. The Labute approximate surface area is 204 Å². The molecule has 3 heterocycles. The lowest BCUT2D eigenvalue weighted by Crippen LogP contribution is -2.44. The van der Waals surface area contributed by atoms with Crippen molar-refractivity contribution in [3.05, 3.63) is 65.6 Å². The molecule has 2 amide bonds. The summed E-state index contributed by atoms with van der Waals surface area (Å²) in [5.41, 5.74) is 1.56. The summed E-state index contributed by atoms with van der Waals surface area (Å²) in [4.78, 5) is 31.2. The molecule has 1 aliphatic rings. The minimum absolute atomic E-state index is 0.0414. The summed E-state index contributed by atoms with van der Waals surface area (Å²) in [5, 5.41) is 9.41. The number of halogens is 1. The average Bonchev–Trinajstić information content (AvgIpc) is 3.28. The Morgan fingerprint density at radius 2 is 1.88 bits per heavy atom. The molecule has 9 heteroatoms. The first kappa shape index (κ1) is 23.8. The third-order valence-corrected chi connectivity index (χ3v) is 6.14. The predicted molar refractivity (Wildman–Crippen MR) is 131 cm³/mol. The Bertz CT molecular complexity index is 1100. The van der Waals surface area contributed by atoms with Gasteiger partial charge in [-0.25, -0.2) is 0 Å². The van der Waals surface area contributed by atoms with Crippen LogP contribution in [-0.2, 0) is 4.79 Å². The highest BCUT2D eigenvalue weighted by molar-refractivity contribution is 6.33. The summed E-state index contributed by atoms with van der Waals surface area (Å²) >= 11 is 6.27. The minimum atomic E-state index is -0.259. The Kier molecular flexibility index (Phi) is 7.80. The van der Waals surface area contributed by atoms with Crippen molar-refractivity contribution in [2.45, 2.75) is 19.8 Å². The maximum Gasteiger partial charge on any atom is 0.290 e. The third kappa shape index (κ3) is 5.56. The van der Waals surface area contributed by atoms with E-state index in [1.54, 1.807) is 17.0 Å². The highest BCUT2D eigenvalue weighted by Gasteiger charge is 2.25. The van der Waals surface area contributed by atoms with E-state index < -0.39 is 0 Å². The molecule has 0 saturated carbocycles. The van der Waals surface area contributed by atoms with E-state index in [0.29, 0.717) is 31.2 Å². The predicted octanol–water partition coefficient (Wildman–Crippen LogP) is 3.98. The second-order valence-corrected chi connectivity index (χ2v) is 8.59. The fourth-order valence-electron chi connectivity index (χ4n) is 4.04. The van der Waals surface area contributed by atoms with Crippen molar-refractivity contribution in [2.75, 3.05) is 44.2 Å². The average molecular weight is 482 g/mol. The Morgan fingerprint density at radius 3 is 2.59 bits per heavy atom. The second-order valence-electron chi connectivity index (χ2n) is 8.18. The largest absolute Gasteiger partial charge is 0.459 e. The molecule has 0 N–H and O–H groups in total. The SMILES string of the molecule is CCCN(CC(=O)N1CCCN(c2ccc(-c3ccccc3Cl)nn2)CC1)C(=O)c1ccco1. The highest BCUT2D eigenvalue weighted by atomic mass is 35.5. The Morgan fingerprint density at radius 1 is 1.03 bits per heavy atom. The fourth-order valence-corrected chi connectivity index (χ4v) is 4.28. The van der Waals surface area contributed by atoms with E-state index in [1.807, 2.05) is 48.2 Å². The van der Waals surface area contributed by atoms with Gasteiger partial charge >= 0.3 is 0 Å². The van der Waals surface area contributed by atoms with Gasteiger partial charge in [0.25, 0.3) is 5.91 Å². The molecule has 1 aromatic carbocycles. The minimum Gasteiger partial charge on any atom is -0.459 e. The van der Waals surface area contributed by atoms with Crippen LogP contribution in [0.3, 0.4) is 0 Å². The second kappa shape index (κ2) is 11.2. The summed E-state index contributed by atoms with van der Waals surface area (Å²) in [5.74, 6) is 0.703. The molecule has 0 radical (unpaired) electrons. The van der Waals surface area contributed by atoms with E-state index in [1.165, 1.54) is 6.26 Å². The number of carbonyl (C=O) groups excluding carboxylic acids is 2. The summed E-state index contributed by atoms with van der Waals surface area (Å²) in [7, 11) is 0. The van der Waals surface area contributed by atoms with Gasteiger partial charge < -0.3 is 19.1 Å². The number of anilines is 1. The molecule has 1 saturated heterocycles. The number of amides is 2. The maximum absolute atomic E-state index is 13.0. The van der Waals surface area contributed by atoms with E-state index in [2.05, 4.69) is 15.1 Å². The van der Waals surface area contributed by atoms with Gasteiger partial charge in [-0.05, 0) is 43.2 Å². The van der Waals surface area contributed by atoms with Crippen LogP contribution >= 0.6 is 11.6 Å². The molecular formula is C25H28ClN5O3. The molecule has 34 heavy (non-hydrogen) atoms. The first-order valence-electron chi connectivity index (χ1n) is 11.5. The molecule has 0 aliphatic carbocycles. The molecular weight excluding hydrogens is 454 g/mol. The van der Waals surface area contributed by atoms with E-state index in [0.717, 1.165) is 36.5 Å². The molecule has 4 rings (SSSR count). The van der Waals surface area contributed by atoms with Crippen molar-refractivity contribution in [3.63, 3.8) is 0 Å². The van der Waals surface area contributed by atoms with Crippen LogP contribution in [0.4, 0.5) is 5.82 Å². The van der Waals surface area contributed by atoms with Crippen molar-refractivity contribution >= 4 is 29.2 Å². The lowest BCUT2D eigenvalue weighted by molar-refractivity contribution is -0.131. The molecule has 0 spiro atoms. The first-order chi connectivity index (χ1) is 16.6. The number of hydrogen-bond donors (Lipinski definition) is 0. The van der Waals surface area contributed by atoms with Crippen LogP contribution in [0.25, 0.3) is 11.3 Å². The van der Waals surface area contributed by atoms with E-state index in [9.17, 15) is 9.59 Å². The normalized spacial score (nSPS) is 14.1. The van der Waals surface area contributed by atoms with Crippen LogP contribution in [0.2, 0.25) is 5.02 Å². The van der Waals surface area contributed by atoms with Gasteiger partial charge in [-0.1, -0.05) is 36.7 Å². The van der Waals surface area contributed by atoms with Crippen LogP contribution in [-0.4, -0.2) is 71.1 Å². The Balaban J connectivity index is 1.37. The molecule has 1 fully saturated rings. The smallest absolute Gasteiger partial charge is 0.290 e. The van der Waals surface area contributed by atoms with E-state index >= 15 is 0 Å². The molecule has 3 aromatic rings. The van der Waals surface area contributed by atoms with Crippen molar-refractivity contribution in [3.8, 4) is 11.3 Å². The molecule has 178 valence electrons. The van der Waals surface area contributed by atoms with Gasteiger partial charge in [-0.15, -0.1) is 10.2 Å². The van der Waals surface area contributed by atoms with Crippen LogP contribution < -0.4 is 4.90 Å². The van der Waals surface area contributed by atoms with Gasteiger partial charge in [0.2, 0.25) is 5.91 Å². The zero-order chi connectivity index (χ0) is 23.9. The number of hydrogen-bond acceptors (Lipinski definition) is 6. The maximum atomic E-state index is 13.0. The zero-order valence-corrected chi connectivity index (χ0v) is 19.9. The summed E-state index contributed by atoms with van der Waals surface area (Å²) in [6, 6.07) is 14.7. The number of aromatic nitrogens is 2. The Hall–Kier alpha value is -3.39.